The number of aromatic nitrogens is 4. The summed E-state index contributed by atoms with van der Waals surface area (Å²) < 4.78 is 4.99. The van der Waals surface area contributed by atoms with Crippen molar-refractivity contribution in [1.82, 2.24) is 20.2 Å². The third kappa shape index (κ3) is 2.28. The summed E-state index contributed by atoms with van der Waals surface area (Å²) in [4.78, 5) is 19.8. The SMILES string of the molecule is Cc1ocnc1C(=O)Nc1cc(-c2cccnc2)[nH]n1. The molecular weight excluding hydrogens is 258 g/mol. The van der Waals surface area contributed by atoms with Crippen LogP contribution in [0, 0.1) is 6.92 Å². The number of amides is 1. The van der Waals surface area contributed by atoms with Gasteiger partial charge in [-0.05, 0) is 19.1 Å². The number of nitrogens with one attached hydrogen (secondary N) is 2. The number of oxazole rings is 1. The highest BCUT2D eigenvalue weighted by atomic mass is 16.3. The second-order valence-corrected chi connectivity index (χ2v) is 4.12. The predicted molar refractivity (Wildman–Crippen MR) is 71.0 cm³/mol. The largest absolute Gasteiger partial charge is 0.448 e. The van der Waals surface area contributed by atoms with Crippen LogP contribution in [0.1, 0.15) is 16.2 Å². The van der Waals surface area contributed by atoms with Gasteiger partial charge in [-0.2, -0.15) is 5.10 Å². The predicted octanol–water partition coefficient (Wildman–Crippen LogP) is 2.02. The van der Waals surface area contributed by atoms with Crippen LogP contribution >= 0.6 is 0 Å². The Morgan fingerprint density at radius 3 is 3.05 bits per heavy atom. The zero-order valence-electron chi connectivity index (χ0n) is 10.6. The molecule has 0 atom stereocenters. The second-order valence-electron chi connectivity index (χ2n) is 4.12. The van der Waals surface area contributed by atoms with E-state index in [9.17, 15) is 4.79 Å². The van der Waals surface area contributed by atoms with Crippen LogP contribution in [-0.4, -0.2) is 26.1 Å². The van der Waals surface area contributed by atoms with E-state index in [0.29, 0.717) is 11.6 Å². The number of rotatable bonds is 3. The molecular formula is C13H11N5O2. The topological polar surface area (TPSA) is 96.7 Å². The second kappa shape index (κ2) is 4.96. The number of hydrogen-bond acceptors (Lipinski definition) is 5. The fourth-order valence-corrected chi connectivity index (χ4v) is 1.75. The minimum absolute atomic E-state index is 0.246. The van der Waals surface area contributed by atoms with E-state index in [1.807, 2.05) is 12.1 Å². The summed E-state index contributed by atoms with van der Waals surface area (Å²) in [7, 11) is 0. The van der Waals surface area contributed by atoms with E-state index in [2.05, 4.69) is 25.5 Å². The quantitative estimate of drug-likeness (QED) is 0.758. The molecule has 0 radical (unpaired) electrons. The molecule has 3 rings (SSSR count). The molecule has 0 aliphatic heterocycles. The number of hydrogen-bond donors (Lipinski definition) is 2. The van der Waals surface area contributed by atoms with Gasteiger partial charge in [0, 0.05) is 24.0 Å². The number of carbonyl (C=O) groups is 1. The minimum atomic E-state index is -0.361. The maximum atomic E-state index is 11.9. The first-order valence-corrected chi connectivity index (χ1v) is 5.91. The Morgan fingerprint density at radius 1 is 1.45 bits per heavy atom. The van der Waals surface area contributed by atoms with Crippen LogP contribution < -0.4 is 5.32 Å². The number of nitrogens with zero attached hydrogens (tertiary/aromatic N) is 3. The lowest BCUT2D eigenvalue weighted by molar-refractivity contribution is 0.102. The highest BCUT2D eigenvalue weighted by Gasteiger charge is 2.15. The highest BCUT2D eigenvalue weighted by Crippen LogP contribution is 2.18. The van der Waals surface area contributed by atoms with Gasteiger partial charge >= 0.3 is 0 Å². The third-order valence-corrected chi connectivity index (χ3v) is 2.75. The molecule has 20 heavy (non-hydrogen) atoms. The Labute approximate surface area is 114 Å². The molecule has 0 saturated heterocycles. The van der Waals surface area contributed by atoms with E-state index >= 15 is 0 Å². The minimum Gasteiger partial charge on any atom is -0.448 e. The summed E-state index contributed by atoms with van der Waals surface area (Å²) in [5.41, 5.74) is 1.90. The van der Waals surface area contributed by atoms with E-state index in [4.69, 9.17) is 4.42 Å². The average Bonchev–Trinajstić information content (AvgIpc) is 3.09. The van der Waals surface area contributed by atoms with Crippen molar-refractivity contribution in [3.8, 4) is 11.3 Å². The number of carbonyl (C=O) groups excluding carboxylic acids is 1. The van der Waals surface area contributed by atoms with Gasteiger partial charge < -0.3 is 9.73 Å². The van der Waals surface area contributed by atoms with E-state index < -0.39 is 0 Å². The summed E-state index contributed by atoms with van der Waals surface area (Å²) in [6, 6.07) is 5.45. The van der Waals surface area contributed by atoms with Gasteiger partial charge in [-0.1, -0.05) is 0 Å². The summed E-state index contributed by atoms with van der Waals surface area (Å²) in [5, 5.41) is 9.52. The van der Waals surface area contributed by atoms with Crippen molar-refractivity contribution in [1.29, 1.82) is 0 Å². The Morgan fingerprint density at radius 2 is 2.35 bits per heavy atom. The summed E-state index contributed by atoms with van der Waals surface area (Å²) in [6.07, 6.45) is 4.63. The normalized spacial score (nSPS) is 10.4. The van der Waals surface area contributed by atoms with Gasteiger partial charge in [-0.25, -0.2) is 4.98 Å². The van der Waals surface area contributed by atoms with Crippen molar-refractivity contribution < 1.29 is 9.21 Å². The van der Waals surface area contributed by atoms with Crippen LogP contribution in [0.4, 0.5) is 5.82 Å². The molecule has 0 aliphatic rings. The van der Waals surface area contributed by atoms with Gasteiger partial charge in [0.1, 0.15) is 5.76 Å². The standard InChI is InChI=1S/C13H11N5O2/c1-8-12(15-7-20-8)13(19)16-11-5-10(17-18-11)9-3-2-4-14-6-9/h2-7H,1H3,(H2,16,17,18,19). The number of aryl methyl sites for hydroxylation is 1. The van der Waals surface area contributed by atoms with Crippen molar-refractivity contribution in [2.75, 3.05) is 5.32 Å². The molecule has 0 saturated carbocycles. The molecule has 3 aromatic heterocycles. The Bertz CT molecular complexity index is 732. The lowest BCUT2D eigenvalue weighted by atomic mass is 10.2. The molecule has 3 aromatic rings. The summed E-state index contributed by atoms with van der Waals surface area (Å²) in [5.74, 6) is 0.516. The van der Waals surface area contributed by atoms with E-state index in [0.717, 1.165) is 11.3 Å². The van der Waals surface area contributed by atoms with Gasteiger partial charge in [0.2, 0.25) is 0 Å². The van der Waals surface area contributed by atoms with Crippen LogP contribution in [0.3, 0.4) is 0 Å². The maximum absolute atomic E-state index is 11.9. The zero-order valence-corrected chi connectivity index (χ0v) is 10.6. The third-order valence-electron chi connectivity index (χ3n) is 2.75. The van der Waals surface area contributed by atoms with Crippen molar-refractivity contribution in [3.05, 3.63) is 48.4 Å². The molecule has 0 aromatic carbocycles. The van der Waals surface area contributed by atoms with Gasteiger partial charge in [-0.3, -0.25) is 14.9 Å². The smallest absolute Gasteiger partial charge is 0.279 e. The van der Waals surface area contributed by atoms with Crippen molar-refractivity contribution in [2.45, 2.75) is 6.92 Å². The first-order valence-electron chi connectivity index (χ1n) is 5.91. The Hall–Kier alpha value is -2.96. The first-order chi connectivity index (χ1) is 9.74. The summed E-state index contributed by atoms with van der Waals surface area (Å²) >= 11 is 0. The maximum Gasteiger partial charge on any atom is 0.279 e. The molecule has 2 N–H and O–H groups in total. The van der Waals surface area contributed by atoms with Crippen molar-refractivity contribution in [2.24, 2.45) is 0 Å². The van der Waals surface area contributed by atoms with Crippen LogP contribution in [0.2, 0.25) is 0 Å². The first kappa shape index (κ1) is 12.1. The molecule has 0 spiro atoms. The zero-order chi connectivity index (χ0) is 13.9. The van der Waals surface area contributed by atoms with Crippen molar-refractivity contribution >= 4 is 11.7 Å². The van der Waals surface area contributed by atoms with Crippen LogP contribution in [-0.2, 0) is 0 Å². The van der Waals surface area contributed by atoms with E-state index in [-0.39, 0.29) is 11.6 Å². The van der Waals surface area contributed by atoms with Gasteiger partial charge in [0.25, 0.3) is 5.91 Å². The number of aromatic amines is 1. The molecule has 7 nitrogen and oxygen atoms in total. The molecule has 7 heteroatoms. The Balaban J connectivity index is 1.78. The monoisotopic (exact) mass is 269 g/mol. The molecule has 100 valence electrons. The van der Waals surface area contributed by atoms with Gasteiger partial charge in [-0.15, -0.1) is 0 Å². The summed E-state index contributed by atoms with van der Waals surface area (Å²) in [6.45, 7) is 1.67. The van der Waals surface area contributed by atoms with Crippen LogP contribution in [0.5, 0.6) is 0 Å². The lowest BCUT2D eigenvalue weighted by Gasteiger charge is -1.98. The van der Waals surface area contributed by atoms with Gasteiger partial charge in [0.05, 0.1) is 5.69 Å². The molecule has 3 heterocycles. The lowest BCUT2D eigenvalue weighted by Crippen LogP contribution is -2.13. The molecule has 0 unspecified atom stereocenters. The van der Waals surface area contributed by atoms with Crippen molar-refractivity contribution in [3.63, 3.8) is 0 Å². The fourth-order valence-electron chi connectivity index (χ4n) is 1.75. The molecule has 0 fully saturated rings. The average molecular weight is 269 g/mol. The van der Waals surface area contributed by atoms with Gasteiger partial charge in [0.15, 0.2) is 17.9 Å². The fraction of sp³-hybridized carbons (Fsp3) is 0.0769. The van der Waals surface area contributed by atoms with E-state index in [1.54, 1.807) is 25.4 Å². The molecule has 0 bridgehead atoms. The Kier molecular flexibility index (Phi) is 3.00. The molecule has 0 aliphatic carbocycles. The number of pyridine rings is 1. The highest BCUT2D eigenvalue weighted by molar-refractivity contribution is 6.03. The number of anilines is 1. The van der Waals surface area contributed by atoms with E-state index in [1.165, 1.54) is 6.39 Å². The van der Waals surface area contributed by atoms with Crippen LogP contribution in [0.15, 0.2) is 41.4 Å². The number of H-pyrrole nitrogens is 1. The molecule has 1 amide bonds. The van der Waals surface area contributed by atoms with Crippen LogP contribution in [0.25, 0.3) is 11.3 Å².